The zero-order chi connectivity index (χ0) is 51.1. The van der Waals surface area contributed by atoms with Crippen LogP contribution in [0.25, 0.3) is 43.6 Å². The Hall–Kier alpha value is -7.92. The van der Waals surface area contributed by atoms with Gasteiger partial charge in [0.05, 0.1) is 11.9 Å². The molecule has 0 saturated carbocycles. The van der Waals surface area contributed by atoms with Crippen LogP contribution in [0.1, 0.15) is 96.6 Å². The predicted octanol–water partition coefficient (Wildman–Crippen LogP) is 13.5. The molecule has 2 aliphatic carbocycles. The van der Waals surface area contributed by atoms with Crippen molar-refractivity contribution in [2.75, 3.05) is 36.8 Å². The maximum atomic E-state index is 12.9. The number of anilines is 2. The minimum atomic E-state index is 0.0694. The zero-order valence-corrected chi connectivity index (χ0v) is 43.0. The van der Waals surface area contributed by atoms with Crippen molar-refractivity contribution < 1.29 is 9.59 Å². The minimum Gasteiger partial charge on any atom is -0.355 e. The number of aromatic nitrogens is 4. The molecule has 76 heavy (non-hydrogen) atoms. The van der Waals surface area contributed by atoms with Crippen LogP contribution in [0.15, 0.2) is 183 Å². The highest BCUT2D eigenvalue weighted by molar-refractivity contribution is 6.08. The number of amides is 2. The minimum absolute atomic E-state index is 0.0694. The number of aromatic amines is 2. The topological polar surface area (TPSA) is 122 Å². The third-order valence-corrected chi connectivity index (χ3v) is 17.6. The molecule has 6 heterocycles. The second kappa shape index (κ2) is 20.3. The average Bonchev–Trinajstić information content (AvgIpc) is 4.21. The van der Waals surface area contributed by atoms with E-state index in [9.17, 15) is 9.59 Å². The van der Waals surface area contributed by atoms with Crippen molar-refractivity contribution in [3.63, 3.8) is 0 Å². The Labute approximate surface area is 444 Å². The normalized spacial score (nSPS) is 18.7. The van der Waals surface area contributed by atoms with Crippen LogP contribution in [0, 0.1) is 0 Å². The molecule has 0 radical (unpaired) electrons. The molecule has 6 aromatic carbocycles. The molecule has 10 aromatic rings. The van der Waals surface area contributed by atoms with Gasteiger partial charge in [0, 0.05) is 93.8 Å². The van der Waals surface area contributed by atoms with E-state index in [-0.39, 0.29) is 34.5 Å². The largest absolute Gasteiger partial charge is 0.355 e. The molecular formula is C66H64N8O2. The van der Waals surface area contributed by atoms with Gasteiger partial charge in [-0.2, -0.15) is 0 Å². The number of nitrogens with one attached hydrogen (secondary N) is 4. The Balaban J connectivity index is 0.000000146. The van der Waals surface area contributed by atoms with Crippen molar-refractivity contribution >= 4 is 66.8 Å². The number of hydrogen-bond acceptors (Lipinski definition) is 6. The van der Waals surface area contributed by atoms with E-state index in [1.807, 2.05) is 24.3 Å². The lowest BCUT2D eigenvalue weighted by molar-refractivity contribution is -0.117. The van der Waals surface area contributed by atoms with Gasteiger partial charge in [0.1, 0.15) is 0 Å². The van der Waals surface area contributed by atoms with Crippen LogP contribution < -0.4 is 10.6 Å². The summed E-state index contributed by atoms with van der Waals surface area (Å²) in [6.45, 7) is 6.27. The van der Waals surface area contributed by atoms with Crippen molar-refractivity contribution in [3.05, 3.63) is 216 Å². The fraction of sp³-hybridized carbons (Fsp3) is 0.273. The summed E-state index contributed by atoms with van der Waals surface area (Å²) >= 11 is 0. The van der Waals surface area contributed by atoms with Crippen LogP contribution in [-0.2, 0) is 33.5 Å². The van der Waals surface area contributed by atoms with Gasteiger partial charge < -0.3 is 20.6 Å². The molecule has 2 amide bonds. The van der Waals surface area contributed by atoms with Crippen LogP contribution >= 0.6 is 0 Å². The lowest BCUT2D eigenvalue weighted by atomic mass is 9.73. The second-order valence-corrected chi connectivity index (χ2v) is 22.2. The highest BCUT2D eigenvalue weighted by Gasteiger charge is 2.47. The Morgan fingerprint density at radius 2 is 0.934 bits per heavy atom. The molecule has 4 aromatic heterocycles. The first-order valence-corrected chi connectivity index (χ1v) is 27.4. The molecule has 4 N–H and O–H groups in total. The molecule has 2 spiro atoms. The molecule has 2 atom stereocenters. The van der Waals surface area contributed by atoms with Crippen molar-refractivity contribution in [1.29, 1.82) is 0 Å². The third kappa shape index (κ3) is 9.45. The fourth-order valence-electron chi connectivity index (χ4n) is 13.9. The summed E-state index contributed by atoms with van der Waals surface area (Å²) in [5.41, 5.74) is 15.1. The van der Waals surface area contributed by atoms with Gasteiger partial charge in [-0.3, -0.25) is 29.4 Å². The molecule has 0 bridgehead atoms. The fourth-order valence-corrected chi connectivity index (χ4v) is 13.9. The second-order valence-electron chi connectivity index (χ2n) is 22.2. The lowest BCUT2D eigenvalue weighted by Gasteiger charge is -2.40. The lowest BCUT2D eigenvalue weighted by Crippen LogP contribution is -2.41. The standard InChI is InChI=1S/2C33H32N4O/c38-32(35-25-6-5-15-34-21-25)19-24-20-33(29-9-3-1-7-26(24)29)13-16-37(17-14-33)22-23-11-12-31-28(18-23)27-8-2-4-10-30(27)36-31;38-32(35-25-11-15-34-16-12-25)20-24-21-33(29-7-3-1-5-26(24)29)13-17-37(18-14-33)22-23-9-10-31-28(19-23)27-6-2-4-8-30(27)36-31/h1-12,15,18,21,24,36H,13-14,16-17,19-20,22H2,(H,35,38);1-12,15-16,19,24,36H,13-14,17-18,20-22H2,(H,34,35,38). The van der Waals surface area contributed by atoms with E-state index in [0.717, 1.165) is 89.2 Å². The number of nitrogens with zero attached hydrogens (tertiary/aromatic N) is 4. The first-order valence-electron chi connectivity index (χ1n) is 27.4. The Bertz CT molecular complexity index is 3470. The quantitative estimate of drug-likeness (QED) is 0.108. The SMILES string of the molecule is O=C(CC1CC2(CCN(Cc3ccc4[nH]c5ccccc5c4c3)CC2)c2ccccc21)Nc1cccnc1.O=C(CC1CC2(CCN(Cc3ccc4[nH]c5ccccc5c4c3)CC2)c2ccccc21)Nc1ccncc1. The van der Waals surface area contributed by atoms with Crippen molar-refractivity contribution in [3.8, 4) is 0 Å². The summed E-state index contributed by atoms with van der Waals surface area (Å²) in [4.78, 5) is 46.3. The molecule has 4 aliphatic rings. The van der Waals surface area contributed by atoms with E-state index in [1.54, 1.807) is 24.8 Å². The molecule has 2 saturated heterocycles. The first-order chi connectivity index (χ1) is 37.3. The summed E-state index contributed by atoms with van der Waals surface area (Å²) in [5.74, 6) is 0.681. The van der Waals surface area contributed by atoms with Crippen LogP contribution in [0.5, 0.6) is 0 Å². The number of carbonyl (C=O) groups excluding carboxylic acids is 2. The van der Waals surface area contributed by atoms with Gasteiger partial charge in [-0.1, -0.05) is 97.1 Å². The number of likely N-dealkylation sites (tertiary alicyclic amines) is 2. The Morgan fingerprint density at radius 1 is 0.474 bits per heavy atom. The smallest absolute Gasteiger partial charge is 0.225 e. The van der Waals surface area contributed by atoms with Crippen LogP contribution in [-0.4, -0.2) is 67.7 Å². The maximum absolute atomic E-state index is 12.9. The number of pyridine rings is 2. The molecule has 10 nitrogen and oxygen atoms in total. The number of H-pyrrole nitrogens is 2. The summed E-state index contributed by atoms with van der Waals surface area (Å²) in [6.07, 6.45) is 14.6. The van der Waals surface area contributed by atoms with Gasteiger partial charge in [-0.05, 0) is 181 Å². The molecule has 380 valence electrons. The summed E-state index contributed by atoms with van der Waals surface area (Å²) in [7, 11) is 0. The Morgan fingerprint density at radius 3 is 1.43 bits per heavy atom. The van der Waals surface area contributed by atoms with Gasteiger partial charge >= 0.3 is 0 Å². The van der Waals surface area contributed by atoms with E-state index in [4.69, 9.17) is 0 Å². The van der Waals surface area contributed by atoms with Crippen molar-refractivity contribution in [2.24, 2.45) is 0 Å². The van der Waals surface area contributed by atoms with Crippen molar-refractivity contribution in [1.82, 2.24) is 29.7 Å². The van der Waals surface area contributed by atoms with Crippen LogP contribution in [0.4, 0.5) is 11.4 Å². The van der Waals surface area contributed by atoms with E-state index in [1.165, 1.54) is 77.0 Å². The van der Waals surface area contributed by atoms with E-state index in [0.29, 0.717) is 12.8 Å². The highest BCUT2D eigenvalue weighted by Crippen LogP contribution is 2.54. The molecule has 14 rings (SSSR count). The third-order valence-electron chi connectivity index (χ3n) is 17.6. The molecular weight excluding hydrogens is 937 g/mol. The van der Waals surface area contributed by atoms with Crippen LogP contribution in [0.2, 0.25) is 0 Å². The number of benzene rings is 6. The van der Waals surface area contributed by atoms with Gasteiger partial charge in [-0.25, -0.2) is 0 Å². The van der Waals surface area contributed by atoms with E-state index >= 15 is 0 Å². The van der Waals surface area contributed by atoms with E-state index in [2.05, 4.69) is 174 Å². The maximum Gasteiger partial charge on any atom is 0.225 e. The highest BCUT2D eigenvalue weighted by atomic mass is 16.2. The number of fused-ring (bicyclic) bond motifs is 10. The number of para-hydroxylation sites is 2. The van der Waals surface area contributed by atoms with E-state index < -0.39 is 0 Å². The van der Waals surface area contributed by atoms with Gasteiger partial charge in [0.25, 0.3) is 0 Å². The summed E-state index contributed by atoms with van der Waals surface area (Å²) in [5, 5.41) is 11.3. The van der Waals surface area contributed by atoms with Gasteiger partial charge in [0.15, 0.2) is 0 Å². The number of rotatable bonds is 10. The average molecular weight is 1000 g/mol. The Kier molecular flexibility index (Phi) is 12.8. The van der Waals surface area contributed by atoms with Gasteiger partial charge in [0.2, 0.25) is 11.8 Å². The van der Waals surface area contributed by atoms with Crippen LogP contribution in [0.3, 0.4) is 0 Å². The number of carbonyl (C=O) groups is 2. The number of piperidine rings is 2. The summed E-state index contributed by atoms with van der Waals surface area (Å²) < 4.78 is 0. The molecule has 2 fully saturated rings. The predicted molar refractivity (Wildman–Crippen MR) is 307 cm³/mol. The van der Waals surface area contributed by atoms with Crippen molar-refractivity contribution in [2.45, 2.75) is 87.1 Å². The molecule has 2 unspecified atom stereocenters. The molecule has 2 aliphatic heterocycles. The monoisotopic (exact) mass is 1000 g/mol. The summed E-state index contributed by atoms with van der Waals surface area (Å²) in [6, 6.07) is 55.9. The number of hydrogen-bond donors (Lipinski definition) is 4. The molecule has 10 heteroatoms. The van der Waals surface area contributed by atoms with Gasteiger partial charge in [-0.15, -0.1) is 0 Å². The zero-order valence-electron chi connectivity index (χ0n) is 43.0. The first kappa shape index (κ1) is 47.8.